The zero-order valence-electron chi connectivity index (χ0n) is 13.8. The lowest BCUT2D eigenvalue weighted by Crippen LogP contribution is -2.45. The summed E-state index contributed by atoms with van der Waals surface area (Å²) in [6.45, 7) is 7.55. The maximum atomic E-state index is 12.6. The van der Waals surface area contributed by atoms with Crippen LogP contribution in [0.5, 0.6) is 5.75 Å². The molecule has 0 saturated carbocycles. The number of ether oxygens (including phenoxy) is 1. The van der Waals surface area contributed by atoms with E-state index in [1.807, 2.05) is 0 Å². The molecule has 1 atom stereocenters. The van der Waals surface area contributed by atoms with Crippen LogP contribution < -0.4 is 10.1 Å². The van der Waals surface area contributed by atoms with Gasteiger partial charge in [0.25, 0.3) is 0 Å². The van der Waals surface area contributed by atoms with Crippen LogP contribution in [0.4, 0.5) is 13.2 Å². The van der Waals surface area contributed by atoms with E-state index >= 15 is 0 Å². The lowest BCUT2D eigenvalue weighted by Gasteiger charge is -2.36. The summed E-state index contributed by atoms with van der Waals surface area (Å²) < 4.78 is 42.2. The van der Waals surface area contributed by atoms with Gasteiger partial charge in [-0.3, -0.25) is 4.90 Å². The van der Waals surface area contributed by atoms with Crippen LogP contribution in [0.25, 0.3) is 0 Å². The normalized spacial score (nSPS) is 16.9. The molecule has 0 spiro atoms. The van der Waals surface area contributed by atoms with Crippen molar-refractivity contribution in [2.45, 2.75) is 32.7 Å². The van der Waals surface area contributed by atoms with E-state index in [2.05, 4.69) is 28.8 Å². The molecule has 1 aromatic rings. The van der Waals surface area contributed by atoms with Gasteiger partial charge >= 0.3 is 6.36 Å². The van der Waals surface area contributed by atoms with Crippen molar-refractivity contribution in [1.82, 2.24) is 10.2 Å². The third-order valence-electron chi connectivity index (χ3n) is 3.79. The van der Waals surface area contributed by atoms with E-state index in [0.29, 0.717) is 11.5 Å². The maximum absolute atomic E-state index is 12.6. The lowest BCUT2D eigenvalue weighted by molar-refractivity contribution is -0.275. The topological polar surface area (TPSA) is 24.5 Å². The second-order valence-electron chi connectivity index (χ2n) is 6.02. The van der Waals surface area contributed by atoms with Gasteiger partial charge in [0.1, 0.15) is 5.75 Å². The first-order valence-electron chi connectivity index (χ1n) is 7.66. The summed E-state index contributed by atoms with van der Waals surface area (Å²) >= 11 is 0. The molecular weight excluding hydrogens is 364 g/mol. The van der Waals surface area contributed by atoms with Crippen LogP contribution in [0, 0.1) is 5.92 Å². The van der Waals surface area contributed by atoms with Gasteiger partial charge in [0.2, 0.25) is 0 Å². The van der Waals surface area contributed by atoms with Crippen LogP contribution in [0.15, 0.2) is 24.3 Å². The molecule has 2 rings (SSSR count). The number of rotatable bonds is 5. The average Bonchev–Trinajstić information content (AvgIpc) is 2.45. The number of nitrogens with one attached hydrogen (secondary N) is 1. The van der Waals surface area contributed by atoms with E-state index in [1.165, 1.54) is 6.07 Å². The summed E-state index contributed by atoms with van der Waals surface area (Å²) in [7, 11) is 0. The minimum absolute atomic E-state index is 0. The predicted octanol–water partition coefficient (Wildman–Crippen LogP) is 4.42. The van der Waals surface area contributed by atoms with Crippen LogP contribution in [0.2, 0.25) is 0 Å². The van der Waals surface area contributed by atoms with Gasteiger partial charge in [0.15, 0.2) is 0 Å². The van der Waals surface area contributed by atoms with Crippen molar-refractivity contribution >= 4 is 24.8 Å². The summed E-state index contributed by atoms with van der Waals surface area (Å²) in [6.07, 6.45) is -3.86. The summed E-state index contributed by atoms with van der Waals surface area (Å²) in [5.41, 5.74) is 0.621. The second-order valence-corrected chi connectivity index (χ2v) is 6.02. The van der Waals surface area contributed by atoms with Crippen molar-refractivity contribution in [2.75, 3.05) is 26.2 Å². The van der Waals surface area contributed by atoms with Crippen molar-refractivity contribution in [3.8, 4) is 5.75 Å². The molecule has 1 fully saturated rings. The van der Waals surface area contributed by atoms with E-state index in [9.17, 15) is 13.2 Å². The monoisotopic (exact) mass is 388 g/mol. The van der Waals surface area contributed by atoms with E-state index in [4.69, 9.17) is 0 Å². The predicted molar refractivity (Wildman–Crippen MR) is 94.3 cm³/mol. The molecule has 1 saturated heterocycles. The van der Waals surface area contributed by atoms with E-state index in [-0.39, 0.29) is 36.6 Å². The zero-order chi connectivity index (χ0) is 16.2. The van der Waals surface area contributed by atoms with E-state index in [1.54, 1.807) is 18.2 Å². The van der Waals surface area contributed by atoms with Crippen LogP contribution in [0.3, 0.4) is 0 Å². The maximum Gasteiger partial charge on any atom is 0.573 e. The van der Waals surface area contributed by atoms with Gasteiger partial charge in [-0.15, -0.1) is 38.0 Å². The van der Waals surface area contributed by atoms with E-state index < -0.39 is 6.36 Å². The molecule has 3 nitrogen and oxygen atoms in total. The van der Waals surface area contributed by atoms with Gasteiger partial charge in [0, 0.05) is 37.8 Å². The Kier molecular flexibility index (Phi) is 10.0. The Balaban J connectivity index is 0.00000264. The number of benzene rings is 1. The number of para-hydroxylation sites is 1. The SMILES string of the molecule is CC(C)C[C@@H](c1ccccc1OC(F)(F)F)N1CCNCC1.Cl.Cl. The first-order valence-corrected chi connectivity index (χ1v) is 7.66. The number of hydrogen-bond donors (Lipinski definition) is 1. The smallest absolute Gasteiger partial charge is 0.405 e. The highest BCUT2D eigenvalue weighted by atomic mass is 35.5. The third kappa shape index (κ3) is 7.05. The van der Waals surface area contributed by atoms with E-state index in [0.717, 1.165) is 32.6 Å². The second kappa shape index (κ2) is 10.3. The number of nitrogens with zero attached hydrogens (tertiary/aromatic N) is 1. The van der Waals surface area contributed by atoms with Crippen molar-refractivity contribution in [3.05, 3.63) is 29.8 Å². The van der Waals surface area contributed by atoms with Crippen LogP contribution in [-0.4, -0.2) is 37.4 Å². The Morgan fingerprint density at radius 1 is 1.12 bits per heavy atom. The molecule has 0 bridgehead atoms. The van der Waals surface area contributed by atoms with Crippen molar-refractivity contribution in [3.63, 3.8) is 0 Å². The van der Waals surface area contributed by atoms with Crippen molar-refractivity contribution in [1.29, 1.82) is 0 Å². The Morgan fingerprint density at radius 2 is 1.71 bits per heavy atom. The molecule has 1 heterocycles. The molecule has 0 radical (unpaired) electrons. The molecule has 1 aromatic carbocycles. The van der Waals surface area contributed by atoms with Gasteiger partial charge in [-0.05, 0) is 18.4 Å². The zero-order valence-corrected chi connectivity index (χ0v) is 15.4. The number of halogens is 5. The molecule has 24 heavy (non-hydrogen) atoms. The first-order chi connectivity index (χ1) is 10.4. The van der Waals surface area contributed by atoms with Crippen LogP contribution in [-0.2, 0) is 0 Å². The Morgan fingerprint density at radius 3 is 2.25 bits per heavy atom. The minimum Gasteiger partial charge on any atom is -0.405 e. The quantitative estimate of drug-likeness (QED) is 0.807. The summed E-state index contributed by atoms with van der Waals surface area (Å²) in [5.74, 6) is 0.304. The largest absolute Gasteiger partial charge is 0.573 e. The van der Waals surface area contributed by atoms with Gasteiger partial charge in [0.05, 0.1) is 0 Å². The standard InChI is InChI=1S/C16H23F3N2O.2ClH/c1-12(2)11-14(21-9-7-20-8-10-21)13-5-3-4-6-15(13)22-16(17,18)19;;/h3-6,12,14,20H,7-11H2,1-2H3;2*1H/t14-;;/m0../s1. The number of alkyl halides is 3. The molecular formula is C16H25Cl2F3N2O. The van der Waals surface area contributed by atoms with Crippen molar-refractivity contribution in [2.24, 2.45) is 5.92 Å². The van der Waals surface area contributed by atoms with Gasteiger partial charge in [-0.1, -0.05) is 32.0 Å². The van der Waals surface area contributed by atoms with Crippen LogP contribution >= 0.6 is 24.8 Å². The third-order valence-corrected chi connectivity index (χ3v) is 3.79. The number of piperazine rings is 1. The van der Waals surface area contributed by atoms with Gasteiger partial charge in [-0.2, -0.15) is 0 Å². The Labute approximate surface area is 153 Å². The molecule has 1 aliphatic heterocycles. The molecule has 140 valence electrons. The summed E-state index contributed by atoms with van der Waals surface area (Å²) in [5, 5.41) is 3.27. The Hall–Kier alpha value is -0.690. The molecule has 8 heteroatoms. The molecule has 0 amide bonds. The average molecular weight is 389 g/mol. The highest BCUT2D eigenvalue weighted by Gasteiger charge is 2.34. The summed E-state index contributed by atoms with van der Waals surface area (Å²) in [4.78, 5) is 2.25. The molecule has 1 aliphatic rings. The van der Waals surface area contributed by atoms with Crippen LogP contribution in [0.1, 0.15) is 31.9 Å². The fourth-order valence-electron chi connectivity index (χ4n) is 2.89. The van der Waals surface area contributed by atoms with Crippen molar-refractivity contribution < 1.29 is 17.9 Å². The number of hydrogen-bond acceptors (Lipinski definition) is 3. The van der Waals surface area contributed by atoms with Gasteiger partial charge in [-0.25, -0.2) is 0 Å². The highest BCUT2D eigenvalue weighted by molar-refractivity contribution is 5.85. The highest BCUT2D eigenvalue weighted by Crippen LogP contribution is 2.36. The fourth-order valence-corrected chi connectivity index (χ4v) is 2.89. The van der Waals surface area contributed by atoms with Gasteiger partial charge < -0.3 is 10.1 Å². The summed E-state index contributed by atoms with van der Waals surface area (Å²) in [6, 6.07) is 6.44. The molecule has 0 unspecified atom stereocenters. The Bertz CT molecular complexity index is 481. The molecule has 0 aromatic heterocycles. The minimum atomic E-state index is -4.66. The lowest BCUT2D eigenvalue weighted by atomic mass is 9.94. The fraction of sp³-hybridized carbons (Fsp3) is 0.625. The molecule has 0 aliphatic carbocycles. The first kappa shape index (κ1) is 23.3. The molecule has 1 N–H and O–H groups in total.